The fraction of sp³-hybridized carbons (Fsp3) is 0.375. The SMILES string of the molecule is O=C(c1ccc(Br)o1)N1CCCC(COc2ccncc2)C1. The summed E-state index contributed by atoms with van der Waals surface area (Å²) in [5, 5.41) is 0. The lowest BCUT2D eigenvalue weighted by atomic mass is 9.99. The first-order chi connectivity index (χ1) is 10.7. The maximum absolute atomic E-state index is 12.4. The first kappa shape index (κ1) is 15.1. The Morgan fingerprint density at radius 3 is 2.91 bits per heavy atom. The van der Waals surface area contributed by atoms with Gasteiger partial charge in [0.1, 0.15) is 5.75 Å². The molecule has 0 N–H and O–H groups in total. The van der Waals surface area contributed by atoms with Crippen LogP contribution in [0.25, 0.3) is 0 Å². The highest BCUT2D eigenvalue weighted by atomic mass is 79.9. The average Bonchev–Trinajstić information content (AvgIpc) is 3.00. The minimum absolute atomic E-state index is 0.0562. The zero-order valence-electron chi connectivity index (χ0n) is 12.1. The van der Waals surface area contributed by atoms with Crippen LogP contribution in [0.3, 0.4) is 0 Å². The molecule has 3 rings (SSSR count). The van der Waals surface area contributed by atoms with Crippen molar-refractivity contribution < 1.29 is 13.9 Å². The van der Waals surface area contributed by atoms with Gasteiger partial charge in [-0.15, -0.1) is 0 Å². The maximum Gasteiger partial charge on any atom is 0.289 e. The van der Waals surface area contributed by atoms with Crippen LogP contribution in [0.4, 0.5) is 0 Å². The first-order valence-electron chi connectivity index (χ1n) is 7.30. The molecule has 3 heterocycles. The van der Waals surface area contributed by atoms with E-state index in [9.17, 15) is 4.79 Å². The van der Waals surface area contributed by atoms with Gasteiger partial charge in [0.2, 0.25) is 0 Å². The van der Waals surface area contributed by atoms with Gasteiger partial charge in [0.05, 0.1) is 6.61 Å². The Bertz CT molecular complexity index is 629. The number of hydrogen-bond donors (Lipinski definition) is 0. The van der Waals surface area contributed by atoms with Gasteiger partial charge in [-0.25, -0.2) is 0 Å². The predicted octanol–water partition coefficient (Wildman–Crippen LogP) is 3.37. The second-order valence-corrected chi connectivity index (χ2v) is 6.14. The monoisotopic (exact) mass is 364 g/mol. The number of aromatic nitrogens is 1. The number of halogens is 1. The molecule has 1 saturated heterocycles. The van der Waals surface area contributed by atoms with Crippen molar-refractivity contribution in [2.75, 3.05) is 19.7 Å². The van der Waals surface area contributed by atoms with E-state index in [1.54, 1.807) is 24.5 Å². The maximum atomic E-state index is 12.4. The van der Waals surface area contributed by atoms with Crippen LogP contribution in [0.1, 0.15) is 23.4 Å². The van der Waals surface area contributed by atoms with E-state index in [1.165, 1.54) is 0 Å². The molecule has 0 spiro atoms. The minimum atomic E-state index is -0.0562. The molecule has 2 aromatic rings. The number of piperidine rings is 1. The van der Waals surface area contributed by atoms with Crippen molar-refractivity contribution in [2.24, 2.45) is 5.92 Å². The van der Waals surface area contributed by atoms with E-state index in [1.807, 2.05) is 17.0 Å². The molecule has 1 fully saturated rings. The van der Waals surface area contributed by atoms with Crippen molar-refractivity contribution in [3.05, 3.63) is 47.1 Å². The highest BCUT2D eigenvalue weighted by Gasteiger charge is 2.26. The molecule has 2 aromatic heterocycles. The lowest BCUT2D eigenvalue weighted by Crippen LogP contribution is -2.41. The molecule has 1 unspecified atom stereocenters. The highest BCUT2D eigenvalue weighted by Crippen LogP contribution is 2.22. The second kappa shape index (κ2) is 6.96. The van der Waals surface area contributed by atoms with E-state index in [4.69, 9.17) is 9.15 Å². The zero-order chi connectivity index (χ0) is 15.4. The Morgan fingerprint density at radius 1 is 1.36 bits per heavy atom. The largest absolute Gasteiger partial charge is 0.493 e. The van der Waals surface area contributed by atoms with Crippen molar-refractivity contribution in [2.45, 2.75) is 12.8 Å². The van der Waals surface area contributed by atoms with E-state index in [-0.39, 0.29) is 5.91 Å². The van der Waals surface area contributed by atoms with Gasteiger partial charge < -0.3 is 14.1 Å². The van der Waals surface area contributed by atoms with E-state index in [0.717, 1.165) is 25.1 Å². The summed E-state index contributed by atoms with van der Waals surface area (Å²) in [7, 11) is 0. The fourth-order valence-corrected chi connectivity index (χ4v) is 2.93. The molecular weight excluding hydrogens is 348 g/mol. The number of amides is 1. The van der Waals surface area contributed by atoms with Crippen LogP contribution in [0.15, 0.2) is 45.7 Å². The summed E-state index contributed by atoms with van der Waals surface area (Å²) < 4.78 is 11.7. The zero-order valence-corrected chi connectivity index (χ0v) is 13.7. The van der Waals surface area contributed by atoms with Crippen molar-refractivity contribution in [1.82, 2.24) is 9.88 Å². The number of carbonyl (C=O) groups excluding carboxylic acids is 1. The van der Waals surface area contributed by atoms with Crippen LogP contribution in [-0.4, -0.2) is 35.5 Å². The van der Waals surface area contributed by atoms with Crippen molar-refractivity contribution in [3.8, 4) is 5.75 Å². The molecule has 1 aliphatic rings. The lowest BCUT2D eigenvalue weighted by Gasteiger charge is -2.32. The summed E-state index contributed by atoms with van der Waals surface area (Å²) in [6, 6.07) is 7.11. The van der Waals surface area contributed by atoms with Gasteiger partial charge in [0.25, 0.3) is 5.91 Å². The van der Waals surface area contributed by atoms with Gasteiger partial charge in [0.15, 0.2) is 10.4 Å². The molecule has 22 heavy (non-hydrogen) atoms. The van der Waals surface area contributed by atoms with Crippen LogP contribution in [0.5, 0.6) is 5.75 Å². The highest BCUT2D eigenvalue weighted by molar-refractivity contribution is 9.10. The van der Waals surface area contributed by atoms with Crippen molar-refractivity contribution in [1.29, 1.82) is 0 Å². The predicted molar refractivity (Wildman–Crippen MR) is 84.8 cm³/mol. The lowest BCUT2D eigenvalue weighted by molar-refractivity contribution is 0.0601. The number of carbonyl (C=O) groups is 1. The molecule has 0 saturated carbocycles. The van der Waals surface area contributed by atoms with Gasteiger partial charge in [-0.1, -0.05) is 0 Å². The van der Waals surface area contributed by atoms with Gasteiger partial charge in [-0.3, -0.25) is 9.78 Å². The molecular formula is C16H17BrN2O3. The number of likely N-dealkylation sites (tertiary alicyclic amines) is 1. The van der Waals surface area contributed by atoms with Gasteiger partial charge in [0, 0.05) is 31.4 Å². The minimum Gasteiger partial charge on any atom is -0.493 e. The van der Waals surface area contributed by atoms with E-state index >= 15 is 0 Å². The molecule has 1 amide bonds. The third-order valence-electron chi connectivity index (χ3n) is 3.73. The fourth-order valence-electron chi connectivity index (χ4n) is 2.62. The van der Waals surface area contributed by atoms with E-state index in [0.29, 0.717) is 29.5 Å². The van der Waals surface area contributed by atoms with Crippen LogP contribution in [0, 0.1) is 5.92 Å². The Balaban J connectivity index is 1.56. The average molecular weight is 365 g/mol. The number of hydrogen-bond acceptors (Lipinski definition) is 4. The van der Waals surface area contributed by atoms with Crippen LogP contribution >= 0.6 is 15.9 Å². The standard InChI is InChI=1S/C16H17BrN2O3/c17-15-4-3-14(22-15)16(20)19-9-1-2-12(10-19)11-21-13-5-7-18-8-6-13/h3-8,12H,1-2,9-11H2. The molecule has 6 heteroatoms. The van der Waals surface area contributed by atoms with E-state index in [2.05, 4.69) is 20.9 Å². The third kappa shape index (κ3) is 3.68. The molecule has 0 bridgehead atoms. The second-order valence-electron chi connectivity index (χ2n) is 5.36. The smallest absolute Gasteiger partial charge is 0.289 e. The quantitative estimate of drug-likeness (QED) is 0.834. The molecule has 5 nitrogen and oxygen atoms in total. The summed E-state index contributed by atoms with van der Waals surface area (Å²) >= 11 is 3.22. The summed E-state index contributed by atoms with van der Waals surface area (Å²) in [6.07, 6.45) is 5.47. The van der Waals surface area contributed by atoms with Gasteiger partial charge in [-0.05, 0) is 53.0 Å². The molecule has 116 valence electrons. The van der Waals surface area contributed by atoms with Crippen LogP contribution in [-0.2, 0) is 0 Å². The summed E-state index contributed by atoms with van der Waals surface area (Å²) in [6.45, 7) is 2.07. The van der Waals surface area contributed by atoms with Crippen molar-refractivity contribution >= 4 is 21.8 Å². The Morgan fingerprint density at radius 2 is 2.18 bits per heavy atom. The number of nitrogens with zero attached hydrogens (tertiary/aromatic N) is 2. The Hall–Kier alpha value is -1.82. The van der Waals surface area contributed by atoms with E-state index < -0.39 is 0 Å². The Labute approximate surface area is 137 Å². The Kier molecular flexibility index (Phi) is 4.77. The van der Waals surface area contributed by atoms with Crippen LogP contribution in [0.2, 0.25) is 0 Å². The molecule has 0 aromatic carbocycles. The van der Waals surface area contributed by atoms with Gasteiger partial charge >= 0.3 is 0 Å². The third-order valence-corrected chi connectivity index (χ3v) is 4.15. The normalized spacial score (nSPS) is 18.2. The number of rotatable bonds is 4. The molecule has 0 aliphatic carbocycles. The molecule has 1 aliphatic heterocycles. The number of pyridine rings is 1. The van der Waals surface area contributed by atoms with Crippen molar-refractivity contribution in [3.63, 3.8) is 0 Å². The summed E-state index contributed by atoms with van der Waals surface area (Å²) in [5.74, 6) is 1.47. The summed E-state index contributed by atoms with van der Waals surface area (Å²) in [5.41, 5.74) is 0. The summed E-state index contributed by atoms with van der Waals surface area (Å²) in [4.78, 5) is 18.2. The number of ether oxygens (including phenoxy) is 1. The topological polar surface area (TPSA) is 55.6 Å². The first-order valence-corrected chi connectivity index (χ1v) is 8.09. The molecule has 1 atom stereocenters. The molecule has 0 radical (unpaired) electrons. The van der Waals surface area contributed by atoms with Gasteiger partial charge in [-0.2, -0.15) is 0 Å². The van der Waals surface area contributed by atoms with Crippen LogP contribution < -0.4 is 4.74 Å². The number of furan rings is 1.